The average Bonchev–Trinajstić information content (AvgIpc) is 2.83. The summed E-state index contributed by atoms with van der Waals surface area (Å²) in [6.07, 6.45) is -0.478. The number of aryl methyl sites for hydroxylation is 1. The highest BCUT2D eigenvalue weighted by molar-refractivity contribution is 7.10. The van der Waals surface area contributed by atoms with Crippen molar-refractivity contribution in [1.82, 2.24) is 0 Å². The van der Waals surface area contributed by atoms with Crippen LogP contribution < -0.4 is 5.32 Å². The Morgan fingerprint density at radius 2 is 2.24 bits per heavy atom. The molecule has 0 fully saturated rings. The molecule has 0 bridgehead atoms. The molecule has 2 nitrogen and oxygen atoms in total. The Bertz CT molecular complexity index is 484. The van der Waals surface area contributed by atoms with E-state index in [4.69, 9.17) is 11.6 Å². The molecule has 2 aromatic rings. The molecule has 0 aliphatic rings. The zero-order valence-electron chi connectivity index (χ0n) is 9.48. The molecule has 4 heteroatoms. The number of aliphatic hydroxyl groups is 1. The van der Waals surface area contributed by atoms with Crippen LogP contribution in [0.5, 0.6) is 0 Å². The normalized spacial score (nSPS) is 12.4. The molecule has 0 radical (unpaired) electrons. The fourth-order valence-corrected chi connectivity index (χ4v) is 2.46. The maximum Gasteiger partial charge on any atom is 0.105 e. The van der Waals surface area contributed by atoms with E-state index in [0.717, 1.165) is 16.1 Å². The number of anilines is 1. The van der Waals surface area contributed by atoms with Crippen molar-refractivity contribution in [2.45, 2.75) is 13.0 Å². The largest absolute Gasteiger partial charge is 0.386 e. The monoisotopic (exact) mass is 267 g/mol. The minimum absolute atomic E-state index is 0.478. The Labute approximate surface area is 110 Å². The van der Waals surface area contributed by atoms with Crippen LogP contribution in [0.1, 0.15) is 16.5 Å². The lowest BCUT2D eigenvalue weighted by atomic mass is 10.2. The van der Waals surface area contributed by atoms with Crippen molar-refractivity contribution in [1.29, 1.82) is 0 Å². The second kappa shape index (κ2) is 5.54. The summed E-state index contributed by atoms with van der Waals surface area (Å²) in [5.74, 6) is 0. The van der Waals surface area contributed by atoms with Gasteiger partial charge in [0.2, 0.25) is 0 Å². The van der Waals surface area contributed by atoms with Crippen LogP contribution in [0.25, 0.3) is 0 Å². The van der Waals surface area contributed by atoms with E-state index in [2.05, 4.69) is 5.32 Å². The summed E-state index contributed by atoms with van der Waals surface area (Å²) in [6.45, 7) is 2.50. The van der Waals surface area contributed by atoms with Crippen molar-refractivity contribution in [2.24, 2.45) is 0 Å². The number of hydrogen-bond donors (Lipinski definition) is 2. The first-order valence-corrected chi connectivity index (χ1v) is 6.64. The number of benzene rings is 1. The maximum atomic E-state index is 9.95. The Morgan fingerprint density at radius 3 is 2.94 bits per heavy atom. The van der Waals surface area contributed by atoms with Crippen LogP contribution in [0.2, 0.25) is 5.02 Å². The van der Waals surface area contributed by atoms with Crippen molar-refractivity contribution < 1.29 is 5.11 Å². The van der Waals surface area contributed by atoms with Crippen LogP contribution in [-0.4, -0.2) is 11.7 Å². The van der Waals surface area contributed by atoms with Crippen molar-refractivity contribution in [3.05, 3.63) is 51.2 Å². The number of halogens is 1. The van der Waals surface area contributed by atoms with Crippen molar-refractivity contribution in [2.75, 3.05) is 11.9 Å². The lowest BCUT2D eigenvalue weighted by Crippen LogP contribution is -2.11. The first-order valence-electron chi connectivity index (χ1n) is 5.38. The van der Waals surface area contributed by atoms with Gasteiger partial charge in [-0.05, 0) is 36.1 Å². The molecule has 0 amide bonds. The zero-order valence-corrected chi connectivity index (χ0v) is 11.1. The summed E-state index contributed by atoms with van der Waals surface area (Å²) in [5, 5.41) is 15.8. The highest BCUT2D eigenvalue weighted by Gasteiger charge is 2.08. The number of hydrogen-bond acceptors (Lipinski definition) is 3. The third kappa shape index (κ3) is 3.22. The van der Waals surface area contributed by atoms with E-state index in [9.17, 15) is 5.11 Å². The van der Waals surface area contributed by atoms with Gasteiger partial charge >= 0.3 is 0 Å². The molecule has 0 aliphatic carbocycles. The van der Waals surface area contributed by atoms with Crippen LogP contribution in [0, 0.1) is 6.92 Å². The lowest BCUT2D eigenvalue weighted by Gasteiger charge is -2.13. The third-order valence-electron chi connectivity index (χ3n) is 2.56. The van der Waals surface area contributed by atoms with E-state index in [1.54, 1.807) is 11.3 Å². The molecule has 2 N–H and O–H groups in total. The van der Waals surface area contributed by atoms with E-state index >= 15 is 0 Å². The van der Waals surface area contributed by atoms with E-state index in [0.29, 0.717) is 11.6 Å². The Balaban J connectivity index is 2.00. The molecule has 1 aromatic heterocycles. The van der Waals surface area contributed by atoms with E-state index in [-0.39, 0.29) is 0 Å². The molecule has 1 aromatic carbocycles. The predicted molar refractivity (Wildman–Crippen MR) is 74.0 cm³/mol. The van der Waals surface area contributed by atoms with Gasteiger partial charge < -0.3 is 10.4 Å². The lowest BCUT2D eigenvalue weighted by molar-refractivity contribution is 0.195. The molecule has 1 heterocycles. The van der Waals surface area contributed by atoms with E-state index < -0.39 is 6.10 Å². The van der Waals surface area contributed by atoms with Crippen molar-refractivity contribution in [3.8, 4) is 0 Å². The van der Waals surface area contributed by atoms with Gasteiger partial charge in [-0.25, -0.2) is 0 Å². The molecule has 0 saturated heterocycles. The smallest absolute Gasteiger partial charge is 0.105 e. The Morgan fingerprint density at radius 1 is 1.41 bits per heavy atom. The molecular weight excluding hydrogens is 254 g/mol. The standard InChI is InChI=1S/C13H14ClNOS/c1-9-4-5-10(14)7-11(9)15-8-12(16)13-3-2-6-17-13/h2-7,12,15-16H,8H2,1H3. The van der Waals surface area contributed by atoms with Gasteiger partial charge in [0.25, 0.3) is 0 Å². The molecular formula is C13H14ClNOS. The zero-order chi connectivity index (χ0) is 12.3. The summed E-state index contributed by atoms with van der Waals surface area (Å²) in [6, 6.07) is 9.56. The van der Waals surface area contributed by atoms with Crippen LogP contribution in [0.15, 0.2) is 35.7 Å². The van der Waals surface area contributed by atoms with Crippen LogP contribution in [0.3, 0.4) is 0 Å². The molecule has 90 valence electrons. The summed E-state index contributed by atoms with van der Waals surface area (Å²) in [5.41, 5.74) is 2.08. The molecule has 1 unspecified atom stereocenters. The molecule has 2 rings (SSSR count). The maximum absolute atomic E-state index is 9.95. The third-order valence-corrected chi connectivity index (χ3v) is 3.77. The number of rotatable bonds is 4. The Kier molecular flexibility index (Phi) is 4.05. The van der Waals surface area contributed by atoms with Gasteiger partial charge in [0.15, 0.2) is 0 Å². The average molecular weight is 268 g/mol. The van der Waals surface area contributed by atoms with E-state index in [1.807, 2.05) is 42.6 Å². The highest BCUT2D eigenvalue weighted by atomic mass is 35.5. The number of nitrogens with one attached hydrogen (secondary N) is 1. The SMILES string of the molecule is Cc1ccc(Cl)cc1NCC(O)c1cccs1. The second-order valence-electron chi connectivity index (χ2n) is 3.87. The first-order chi connectivity index (χ1) is 8.16. The Hall–Kier alpha value is -1.03. The summed E-state index contributed by atoms with van der Waals surface area (Å²) in [7, 11) is 0. The van der Waals surface area contributed by atoms with Gasteiger partial charge in [-0.15, -0.1) is 11.3 Å². The summed E-state index contributed by atoms with van der Waals surface area (Å²) < 4.78 is 0. The molecule has 0 spiro atoms. The van der Waals surface area contributed by atoms with Gasteiger partial charge in [-0.2, -0.15) is 0 Å². The highest BCUT2D eigenvalue weighted by Crippen LogP contribution is 2.23. The van der Waals surface area contributed by atoms with Gasteiger partial charge in [-0.3, -0.25) is 0 Å². The summed E-state index contributed by atoms with van der Waals surface area (Å²) >= 11 is 7.49. The minimum atomic E-state index is -0.478. The topological polar surface area (TPSA) is 32.3 Å². The fourth-order valence-electron chi connectivity index (χ4n) is 1.57. The van der Waals surface area contributed by atoms with Gasteiger partial charge in [-0.1, -0.05) is 23.7 Å². The first kappa shape index (κ1) is 12.4. The molecule has 1 atom stereocenters. The summed E-state index contributed by atoms with van der Waals surface area (Å²) in [4.78, 5) is 0.970. The van der Waals surface area contributed by atoms with E-state index in [1.165, 1.54) is 0 Å². The van der Waals surface area contributed by atoms with Crippen LogP contribution in [-0.2, 0) is 0 Å². The molecule has 0 saturated carbocycles. The fraction of sp³-hybridized carbons (Fsp3) is 0.231. The van der Waals surface area contributed by atoms with Gasteiger partial charge in [0.1, 0.15) is 6.10 Å². The number of thiophene rings is 1. The van der Waals surface area contributed by atoms with Crippen LogP contribution in [0.4, 0.5) is 5.69 Å². The molecule has 0 aliphatic heterocycles. The van der Waals surface area contributed by atoms with Crippen LogP contribution >= 0.6 is 22.9 Å². The van der Waals surface area contributed by atoms with Crippen molar-refractivity contribution >= 4 is 28.6 Å². The van der Waals surface area contributed by atoms with Crippen molar-refractivity contribution in [3.63, 3.8) is 0 Å². The predicted octanol–water partition coefficient (Wildman–Crippen LogP) is 3.86. The van der Waals surface area contributed by atoms with Gasteiger partial charge in [0, 0.05) is 22.1 Å². The molecule has 17 heavy (non-hydrogen) atoms. The number of aliphatic hydroxyl groups excluding tert-OH is 1. The minimum Gasteiger partial charge on any atom is -0.386 e. The quantitative estimate of drug-likeness (QED) is 0.882. The van der Waals surface area contributed by atoms with Gasteiger partial charge in [0.05, 0.1) is 0 Å². The second-order valence-corrected chi connectivity index (χ2v) is 5.29.